The van der Waals surface area contributed by atoms with Gasteiger partial charge in [0.25, 0.3) is 5.91 Å². The molecule has 8 heteroatoms. The van der Waals surface area contributed by atoms with Crippen LogP contribution in [0.4, 0.5) is 10.8 Å². The van der Waals surface area contributed by atoms with Crippen LogP contribution in [0.3, 0.4) is 0 Å². The van der Waals surface area contributed by atoms with E-state index >= 15 is 0 Å². The zero-order chi connectivity index (χ0) is 14.3. The summed E-state index contributed by atoms with van der Waals surface area (Å²) in [7, 11) is 0. The number of benzene rings is 1. The average Bonchev–Trinajstić information content (AvgIpc) is 2.91. The molecule has 0 saturated heterocycles. The molecule has 1 amide bonds. The molecule has 0 aliphatic heterocycles. The lowest BCUT2D eigenvalue weighted by Gasteiger charge is -1.98. The largest absolute Gasteiger partial charge is 0.399 e. The van der Waals surface area contributed by atoms with Crippen LogP contribution in [0.2, 0.25) is 0 Å². The standard InChI is InChI=1S/C12H7Br2N3OS2/c13-9-4-6(10(14)20-9)11(18)17-12-16-7-2-1-5(15)3-8(7)19-12/h1-4H,15H2,(H,16,17,18). The van der Waals surface area contributed by atoms with Crippen molar-refractivity contribution >= 4 is 81.5 Å². The molecule has 0 saturated carbocycles. The number of nitrogen functional groups attached to an aromatic ring is 1. The first-order valence-electron chi connectivity index (χ1n) is 5.45. The van der Waals surface area contributed by atoms with E-state index in [1.54, 1.807) is 12.1 Å². The van der Waals surface area contributed by atoms with Gasteiger partial charge in [0, 0.05) is 5.69 Å². The van der Waals surface area contributed by atoms with Crippen molar-refractivity contribution in [1.82, 2.24) is 4.98 Å². The van der Waals surface area contributed by atoms with Crippen molar-refractivity contribution < 1.29 is 4.79 Å². The van der Waals surface area contributed by atoms with Gasteiger partial charge in [-0.3, -0.25) is 10.1 Å². The summed E-state index contributed by atoms with van der Waals surface area (Å²) in [4.78, 5) is 16.5. The number of halogens is 2. The molecule has 0 unspecified atom stereocenters. The number of nitrogens with two attached hydrogens (primary N) is 1. The van der Waals surface area contributed by atoms with Gasteiger partial charge < -0.3 is 5.73 Å². The summed E-state index contributed by atoms with van der Waals surface area (Å²) in [6.07, 6.45) is 0. The quantitative estimate of drug-likeness (QED) is 0.575. The van der Waals surface area contributed by atoms with Crippen LogP contribution in [0.1, 0.15) is 10.4 Å². The van der Waals surface area contributed by atoms with Crippen molar-refractivity contribution in [1.29, 1.82) is 0 Å². The number of carbonyl (C=O) groups is 1. The van der Waals surface area contributed by atoms with E-state index in [9.17, 15) is 4.79 Å². The van der Waals surface area contributed by atoms with E-state index in [0.29, 0.717) is 16.4 Å². The van der Waals surface area contributed by atoms with Gasteiger partial charge in [-0.25, -0.2) is 4.98 Å². The molecule has 3 aromatic rings. The number of amides is 1. The Morgan fingerprint density at radius 2 is 2.05 bits per heavy atom. The summed E-state index contributed by atoms with van der Waals surface area (Å²) < 4.78 is 2.63. The molecule has 0 bridgehead atoms. The maximum absolute atomic E-state index is 12.2. The smallest absolute Gasteiger partial charge is 0.259 e. The molecular formula is C12H7Br2N3OS2. The molecule has 0 fully saturated rings. The number of hydrogen-bond acceptors (Lipinski definition) is 5. The van der Waals surface area contributed by atoms with Crippen molar-refractivity contribution in [3.63, 3.8) is 0 Å². The summed E-state index contributed by atoms with van der Waals surface area (Å²) in [6.45, 7) is 0. The Balaban J connectivity index is 1.89. The number of hydrogen-bond donors (Lipinski definition) is 2. The number of anilines is 2. The minimum absolute atomic E-state index is 0.189. The maximum Gasteiger partial charge on any atom is 0.259 e. The first-order valence-corrected chi connectivity index (χ1v) is 8.67. The highest BCUT2D eigenvalue weighted by Gasteiger charge is 2.15. The summed E-state index contributed by atoms with van der Waals surface area (Å²) in [5.74, 6) is -0.189. The molecule has 0 aliphatic carbocycles. The zero-order valence-corrected chi connectivity index (χ0v) is 14.6. The number of nitrogens with one attached hydrogen (secondary N) is 1. The fraction of sp³-hybridized carbons (Fsp3) is 0. The lowest BCUT2D eigenvalue weighted by atomic mass is 10.3. The molecule has 20 heavy (non-hydrogen) atoms. The number of fused-ring (bicyclic) bond motifs is 1. The maximum atomic E-state index is 12.2. The van der Waals surface area contributed by atoms with Crippen LogP contribution in [-0.4, -0.2) is 10.9 Å². The van der Waals surface area contributed by atoms with Gasteiger partial charge >= 0.3 is 0 Å². The molecule has 3 rings (SSSR count). The number of nitrogens with zero attached hydrogens (tertiary/aromatic N) is 1. The second-order valence-electron chi connectivity index (χ2n) is 3.94. The first kappa shape index (κ1) is 14.0. The normalized spacial score (nSPS) is 10.9. The van der Waals surface area contributed by atoms with Gasteiger partial charge in [0.05, 0.1) is 23.4 Å². The third kappa shape index (κ3) is 2.73. The van der Waals surface area contributed by atoms with E-state index in [1.165, 1.54) is 22.7 Å². The van der Waals surface area contributed by atoms with Gasteiger partial charge in [-0.2, -0.15) is 0 Å². The van der Waals surface area contributed by atoms with E-state index in [2.05, 4.69) is 42.2 Å². The molecule has 102 valence electrons. The van der Waals surface area contributed by atoms with E-state index in [1.807, 2.05) is 12.1 Å². The van der Waals surface area contributed by atoms with E-state index in [0.717, 1.165) is 17.8 Å². The number of rotatable bonds is 2. The highest BCUT2D eigenvalue weighted by molar-refractivity contribution is 9.12. The lowest BCUT2D eigenvalue weighted by Crippen LogP contribution is -2.10. The number of thiophene rings is 1. The Bertz CT molecular complexity index is 812. The fourth-order valence-electron chi connectivity index (χ4n) is 1.65. The molecule has 0 atom stereocenters. The van der Waals surface area contributed by atoms with Crippen molar-refractivity contribution in [2.75, 3.05) is 11.1 Å². The Kier molecular flexibility index (Phi) is 3.80. The molecule has 1 aromatic carbocycles. The van der Waals surface area contributed by atoms with Gasteiger partial charge in [0.1, 0.15) is 0 Å². The molecule has 4 nitrogen and oxygen atoms in total. The Morgan fingerprint density at radius 1 is 1.25 bits per heavy atom. The summed E-state index contributed by atoms with van der Waals surface area (Å²) in [5, 5.41) is 3.36. The number of aromatic nitrogens is 1. The molecule has 2 heterocycles. The predicted molar refractivity (Wildman–Crippen MR) is 91.7 cm³/mol. The number of carbonyl (C=O) groups excluding carboxylic acids is 1. The van der Waals surface area contributed by atoms with Crippen LogP contribution < -0.4 is 11.1 Å². The number of thiazole rings is 1. The third-order valence-corrected chi connectivity index (χ3v) is 5.81. The van der Waals surface area contributed by atoms with Gasteiger partial charge in [-0.05, 0) is 56.1 Å². The van der Waals surface area contributed by atoms with Crippen LogP contribution in [0, 0.1) is 0 Å². The lowest BCUT2D eigenvalue weighted by molar-refractivity contribution is 0.102. The Labute approximate surface area is 139 Å². The summed E-state index contributed by atoms with van der Waals surface area (Å²) in [5.41, 5.74) is 7.82. The van der Waals surface area contributed by atoms with E-state index in [4.69, 9.17) is 5.73 Å². The van der Waals surface area contributed by atoms with Crippen LogP contribution >= 0.6 is 54.5 Å². The summed E-state index contributed by atoms with van der Waals surface area (Å²) >= 11 is 9.58. The second-order valence-corrected chi connectivity index (χ2v) is 8.72. The average molecular weight is 433 g/mol. The minimum Gasteiger partial charge on any atom is -0.399 e. The molecule has 0 radical (unpaired) electrons. The van der Waals surface area contributed by atoms with Crippen molar-refractivity contribution in [3.8, 4) is 0 Å². The van der Waals surface area contributed by atoms with Crippen LogP contribution in [0.25, 0.3) is 10.2 Å². The second kappa shape index (κ2) is 5.44. The van der Waals surface area contributed by atoms with Gasteiger partial charge in [0.15, 0.2) is 5.13 Å². The predicted octanol–water partition coefficient (Wildman–Crippen LogP) is 4.72. The summed E-state index contributed by atoms with van der Waals surface area (Å²) in [6, 6.07) is 7.25. The van der Waals surface area contributed by atoms with Gasteiger partial charge in [0.2, 0.25) is 0 Å². The highest BCUT2D eigenvalue weighted by Crippen LogP contribution is 2.33. The molecule has 3 N–H and O–H groups in total. The molecule has 0 spiro atoms. The molecular weight excluding hydrogens is 426 g/mol. The zero-order valence-electron chi connectivity index (χ0n) is 9.81. The van der Waals surface area contributed by atoms with E-state index in [-0.39, 0.29) is 5.91 Å². The van der Waals surface area contributed by atoms with Gasteiger partial charge in [-0.1, -0.05) is 11.3 Å². The van der Waals surface area contributed by atoms with Crippen molar-refractivity contribution in [2.24, 2.45) is 0 Å². The Morgan fingerprint density at radius 3 is 2.75 bits per heavy atom. The topological polar surface area (TPSA) is 68.0 Å². The van der Waals surface area contributed by atoms with E-state index < -0.39 is 0 Å². The Hall–Kier alpha value is -0.960. The van der Waals surface area contributed by atoms with Crippen LogP contribution in [0.15, 0.2) is 31.8 Å². The third-order valence-electron chi connectivity index (χ3n) is 2.53. The monoisotopic (exact) mass is 431 g/mol. The molecule has 2 aromatic heterocycles. The van der Waals surface area contributed by atoms with Gasteiger partial charge in [-0.15, -0.1) is 11.3 Å². The van der Waals surface area contributed by atoms with Crippen LogP contribution in [-0.2, 0) is 0 Å². The highest BCUT2D eigenvalue weighted by atomic mass is 79.9. The SMILES string of the molecule is Nc1ccc2nc(NC(=O)c3cc(Br)sc3Br)sc2c1. The van der Waals surface area contributed by atoms with Crippen molar-refractivity contribution in [2.45, 2.75) is 0 Å². The molecule has 0 aliphatic rings. The first-order chi connectivity index (χ1) is 9.52. The minimum atomic E-state index is -0.189. The van der Waals surface area contributed by atoms with Crippen LogP contribution in [0.5, 0.6) is 0 Å². The fourth-order valence-corrected chi connectivity index (χ4v) is 5.36. The van der Waals surface area contributed by atoms with Crippen molar-refractivity contribution in [3.05, 3.63) is 37.4 Å².